The fourth-order valence-corrected chi connectivity index (χ4v) is 3.56. The lowest BCUT2D eigenvalue weighted by Crippen LogP contribution is -2.51. The largest absolute Gasteiger partial charge is 0.478 e. The van der Waals surface area contributed by atoms with Gasteiger partial charge in [0.1, 0.15) is 6.04 Å². The molecule has 36 heavy (non-hydrogen) atoms. The topological polar surface area (TPSA) is 71.8 Å². The predicted molar refractivity (Wildman–Crippen MR) is 119 cm³/mol. The number of alkyl halides is 6. The number of hydrogen-bond donors (Lipinski definition) is 1. The number of methoxy groups -OCH3 is 1. The van der Waals surface area contributed by atoms with Gasteiger partial charge < -0.3 is 19.4 Å². The first-order valence-electron chi connectivity index (χ1n) is 11.0. The zero-order valence-electron chi connectivity index (χ0n) is 19.7. The van der Waals surface area contributed by atoms with Crippen LogP contribution in [-0.4, -0.2) is 57.3 Å². The van der Waals surface area contributed by atoms with Gasteiger partial charge in [-0.3, -0.25) is 0 Å². The number of amides is 2. The summed E-state index contributed by atoms with van der Waals surface area (Å²) in [7, 11) is 1.46. The van der Waals surface area contributed by atoms with Crippen molar-refractivity contribution in [3.63, 3.8) is 0 Å². The molecule has 2 unspecified atom stereocenters. The molecular formula is C23H25F6N5O2. The number of benzene rings is 1. The molecule has 2 aromatic heterocycles. The number of ether oxygens (including phenoxy) is 1. The van der Waals surface area contributed by atoms with Crippen molar-refractivity contribution in [3.05, 3.63) is 48.4 Å². The average Bonchev–Trinajstić information content (AvgIpc) is 3.29. The van der Waals surface area contributed by atoms with E-state index in [0.717, 1.165) is 4.90 Å². The third kappa shape index (κ3) is 6.38. The lowest BCUT2D eigenvalue weighted by Gasteiger charge is -2.29. The molecule has 0 radical (unpaired) electrons. The Kier molecular flexibility index (Phi) is 7.99. The van der Waals surface area contributed by atoms with Gasteiger partial charge in [-0.2, -0.15) is 26.3 Å². The minimum absolute atomic E-state index is 0.0303. The molecule has 2 amide bonds. The molecule has 7 nitrogen and oxygen atoms in total. The molecule has 0 spiro atoms. The zero-order valence-corrected chi connectivity index (χ0v) is 19.7. The number of urea groups is 1. The van der Waals surface area contributed by atoms with Crippen LogP contribution >= 0.6 is 0 Å². The van der Waals surface area contributed by atoms with Gasteiger partial charge in [-0.05, 0) is 25.0 Å². The van der Waals surface area contributed by atoms with Crippen LogP contribution in [-0.2, 0) is 6.54 Å². The molecule has 1 N–H and O–H groups in total. The molecule has 0 aliphatic rings. The van der Waals surface area contributed by atoms with E-state index in [0.29, 0.717) is 35.3 Å². The van der Waals surface area contributed by atoms with Gasteiger partial charge in [-0.1, -0.05) is 25.1 Å². The second-order valence-corrected chi connectivity index (χ2v) is 8.23. The van der Waals surface area contributed by atoms with Gasteiger partial charge in [0.15, 0.2) is 5.65 Å². The van der Waals surface area contributed by atoms with Crippen molar-refractivity contribution in [2.75, 3.05) is 13.7 Å². The molecule has 0 aliphatic carbocycles. The van der Waals surface area contributed by atoms with Gasteiger partial charge >= 0.3 is 18.4 Å². The van der Waals surface area contributed by atoms with Crippen LogP contribution in [0.15, 0.2) is 42.9 Å². The van der Waals surface area contributed by atoms with E-state index in [4.69, 9.17) is 4.74 Å². The Labute approximate surface area is 203 Å². The molecule has 0 saturated heterocycles. The third-order valence-corrected chi connectivity index (χ3v) is 5.64. The smallest absolute Gasteiger partial charge is 0.408 e. The van der Waals surface area contributed by atoms with Crippen LogP contribution in [0.1, 0.15) is 25.8 Å². The Morgan fingerprint density at radius 3 is 2.53 bits per heavy atom. The molecule has 3 rings (SSSR count). The highest BCUT2D eigenvalue weighted by Gasteiger charge is 2.46. The summed E-state index contributed by atoms with van der Waals surface area (Å²) in [5.74, 6) is -1.95. The van der Waals surface area contributed by atoms with Crippen molar-refractivity contribution >= 4 is 11.7 Å². The summed E-state index contributed by atoms with van der Waals surface area (Å²) < 4.78 is 85.7. The van der Waals surface area contributed by atoms with Crippen molar-refractivity contribution < 1.29 is 35.9 Å². The maximum absolute atomic E-state index is 13.4. The average molecular weight is 517 g/mol. The molecule has 0 fully saturated rings. The highest BCUT2D eigenvalue weighted by molar-refractivity contribution is 5.74. The Bertz CT molecular complexity index is 1190. The highest BCUT2D eigenvalue weighted by Crippen LogP contribution is 2.33. The summed E-state index contributed by atoms with van der Waals surface area (Å²) in [6, 6.07) is 3.11. The predicted octanol–water partition coefficient (Wildman–Crippen LogP) is 5.46. The fraction of sp³-hybridized carbons (Fsp3) is 0.435. The first kappa shape index (κ1) is 27.1. The summed E-state index contributed by atoms with van der Waals surface area (Å²) in [5, 5.41) is 1.73. The SMILES string of the molecule is CCN(Cc1cccc(-c2cn3ccnc3c(OC)n2)c1)C(=O)NC(CC(C)C(F)(F)F)C(F)(F)F. The molecule has 3 aromatic rings. The Balaban J connectivity index is 1.79. The summed E-state index contributed by atoms with van der Waals surface area (Å²) in [6.45, 7) is 2.17. The molecule has 196 valence electrons. The molecule has 0 saturated carbocycles. The van der Waals surface area contributed by atoms with E-state index < -0.39 is 36.8 Å². The van der Waals surface area contributed by atoms with E-state index >= 15 is 0 Å². The molecule has 13 heteroatoms. The van der Waals surface area contributed by atoms with Gasteiger partial charge in [0.05, 0.1) is 18.7 Å². The van der Waals surface area contributed by atoms with Crippen LogP contribution in [0.4, 0.5) is 31.1 Å². The number of aromatic nitrogens is 3. The van der Waals surface area contributed by atoms with Crippen LogP contribution in [0, 0.1) is 5.92 Å². The highest BCUT2D eigenvalue weighted by atomic mass is 19.4. The number of rotatable bonds is 8. The van der Waals surface area contributed by atoms with Gasteiger partial charge in [0, 0.05) is 37.2 Å². The fourth-order valence-electron chi connectivity index (χ4n) is 3.56. The van der Waals surface area contributed by atoms with Gasteiger partial charge in [-0.25, -0.2) is 14.8 Å². The van der Waals surface area contributed by atoms with Crippen LogP contribution in [0.2, 0.25) is 0 Å². The number of halogens is 6. The van der Waals surface area contributed by atoms with Crippen molar-refractivity contribution in [2.24, 2.45) is 5.92 Å². The van der Waals surface area contributed by atoms with Crippen LogP contribution in [0.25, 0.3) is 16.9 Å². The second kappa shape index (κ2) is 10.6. The van der Waals surface area contributed by atoms with E-state index in [-0.39, 0.29) is 13.1 Å². The Morgan fingerprint density at radius 2 is 1.92 bits per heavy atom. The number of carbonyl (C=O) groups excluding carboxylic acids is 1. The van der Waals surface area contributed by atoms with Crippen LogP contribution in [0.5, 0.6) is 5.88 Å². The van der Waals surface area contributed by atoms with Crippen molar-refractivity contribution in [1.29, 1.82) is 0 Å². The van der Waals surface area contributed by atoms with Gasteiger partial charge in [0.25, 0.3) is 5.88 Å². The zero-order chi connectivity index (χ0) is 26.7. The maximum atomic E-state index is 13.4. The van der Waals surface area contributed by atoms with Gasteiger partial charge in [0.2, 0.25) is 0 Å². The van der Waals surface area contributed by atoms with E-state index in [2.05, 4.69) is 9.97 Å². The van der Waals surface area contributed by atoms with Crippen LogP contribution in [0.3, 0.4) is 0 Å². The second-order valence-electron chi connectivity index (χ2n) is 8.23. The number of nitrogens with zero attached hydrogens (tertiary/aromatic N) is 4. The van der Waals surface area contributed by atoms with E-state index in [1.807, 2.05) is 0 Å². The quantitative estimate of drug-likeness (QED) is 0.403. The first-order valence-corrected chi connectivity index (χ1v) is 11.0. The minimum Gasteiger partial charge on any atom is -0.478 e. The Hall–Kier alpha value is -3.51. The van der Waals surface area contributed by atoms with Gasteiger partial charge in [-0.15, -0.1) is 0 Å². The number of carbonyl (C=O) groups is 1. The third-order valence-electron chi connectivity index (χ3n) is 5.64. The normalized spacial score (nSPS) is 13.9. The lowest BCUT2D eigenvalue weighted by atomic mass is 10.0. The van der Waals surface area contributed by atoms with Crippen molar-refractivity contribution in [1.82, 2.24) is 24.6 Å². The van der Waals surface area contributed by atoms with E-state index in [9.17, 15) is 31.1 Å². The monoisotopic (exact) mass is 517 g/mol. The van der Waals surface area contributed by atoms with Crippen LogP contribution < -0.4 is 10.1 Å². The molecule has 2 atom stereocenters. The molecule has 2 heterocycles. The molecule has 1 aromatic carbocycles. The number of fused-ring (bicyclic) bond motifs is 1. The van der Waals surface area contributed by atoms with E-state index in [1.54, 1.807) is 59.5 Å². The molecule has 0 aliphatic heterocycles. The summed E-state index contributed by atoms with van der Waals surface area (Å²) in [4.78, 5) is 22.3. The van der Waals surface area contributed by atoms with Crippen molar-refractivity contribution in [3.8, 4) is 17.1 Å². The summed E-state index contributed by atoms with van der Waals surface area (Å²) >= 11 is 0. The number of hydrogen-bond acceptors (Lipinski definition) is 4. The number of imidazole rings is 1. The first-order chi connectivity index (χ1) is 16.8. The standard InChI is InChI=1S/C23H25F6N5O2/c1-4-33(21(35)32-18(23(27,28)29)10-14(2)22(24,25)26)12-15-6-5-7-16(11-15)17-13-34-9-8-30-19(34)20(31-17)36-3/h5-9,11,13-14,18H,4,10,12H2,1-3H3,(H,32,35). The lowest BCUT2D eigenvalue weighted by molar-refractivity contribution is -0.193. The van der Waals surface area contributed by atoms with Crippen molar-refractivity contribution in [2.45, 2.75) is 45.2 Å². The molecular weight excluding hydrogens is 492 g/mol. The number of nitrogens with one attached hydrogen (secondary N) is 1. The van der Waals surface area contributed by atoms with E-state index in [1.165, 1.54) is 7.11 Å². The molecule has 0 bridgehead atoms. The minimum atomic E-state index is -5.04. The summed E-state index contributed by atoms with van der Waals surface area (Å²) in [5.41, 5.74) is 2.29. The summed E-state index contributed by atoms with van der Waals surface area (Å²) in [6.07, 6.45) is -6.13. The Morgan fingerprint density at radius 1 is 1.19 bits per heavy atom. The maximum Gasteiger partial charge on any atom is 0.408 e.